The number of nitrogens with zero attached hydrogens (tertiary/aromatic N) is 6. The van der Waals surface area contributed by atoms with Crippen molar-refractivity contribution in [3.8, 4) is 11.4 Å². The summed E-state index contributed by atoms with van der Waals surface area (Å²) in [5.41, 5.74) is 5.46. The number of anilines is 2. The van der Waals surface area contributed by atoms with Gasteiger partial charge in [0, 0.05) is 0 Å². The van der Waals surface area contributed by atoms with E-state index in [1.54, 1.807) is 0 Å². The van der Waals surface area contributed by atoms with Crippen LogP contribution >= 0.6 is 0 Å². The average molecular weight is 220 g/mol. The molecule has 0 fully saturated rings. The SMILES string of the molecule is NNc1nncc(-c2cnnc(NN)n2)n1. The van der Waals surface area contributed by atoms with Gasteiger partial charge in [-0.1, -0.05) is 0 Å². The molecule has 2 heterocycles. The van der Waals surface area contributed by atoms with Gasteiger partial charge in [-0.25, -0.2) is 21.7 Å². The second-order valence-electron chi connectivity index (χ2n) is 2.62. The predicted octanol–water partition coefficient (Wildman–Crippen LogP) is -1.71. The molecule has 0 saturated carbocycles. The Balaban J connectivity index is 2.41. The van der Waals surface area contributed by atoms with Crippen molar-refractivity contribution < 1.29 is 0 Å². The predicted molar refractivity (Wildman–Crippen MR) is 54.3 cm³/mol. The lowest BCUT2D eigenvalue weighted by Gasteiger charge is -2.02. The van der Waals surface area contributed by atoms with E-state index >= 15 is 0 Å². The van der Waals surface area contributed by atoms with Gasteiger partial charge in [0.2, 0.25) is 0 Å². The number of nitrogens with one attached hydrogen (secondary N) is 2. The highest BCUT2D eigenvalue weighted by molar-refractivity contribution is 5.53. The zero-order valence-corrected chi connectivity index (χ0v) is 7.99. The van der Waals surface area contributed by atoms with Gasteiger partial charge in [0.15, 0.2) is 0 Å². The van der Waals surface area contributed by atoms with Crippen LogP contribution in [0.4, 0.5) is 11.9 Å². The van der Waals surface area contributed by atoms with Crippen LogP contribution in [0.25, 0.3) is 11.4 Å². The van der Waals surface area contributed by atoms with E-state index in [-0.39, 0.29) is 11.9 Å². The lowest BCUT2D eigenvalue weighted by atomic mass is 10.3. The van der Waals surface area contributed by atoms with Gasteiger partial charge in [-0.3, -0.25) is 10.9 Å². The van der Waals surface area contributed by atoms with E-state index in [1.807, 2.05) is 0 Å². The molecule has 0 saturated heterocycles. The molecule has 0 spiro atoms. The number of rotatable bonds is 3. The van der Waals surface area contributed by atoms with Crippen LogP contribution in [0.3, 0.4) is 0 Å². The van der Waals surface area contributed by atoms with Crippen LogP contribution in [-0.2, 0) is 0 Å². The Morgan fingerprint density at radius 3 is 1.62 bits per heavy atom. The quantitative estimate of drug-likeness (QED) is 0.347. The maximum atomic E-state index is 5.16. The highest BCUT2D eigenvalue weighted by Crippen LogP contribution is 2.12. The Morgan fingerprint density at radius 2 is 1.25 bits per heavy atom. The Bertz CT molecular complexity index is 439. The molecule has 0 aliphatic rings. The van der Waals surface area contributed by atoms with Gasteiger partial charge in [0.1, 0.15) is 11.4 Å². The number of hydrogen-bond acceptors (Lipinski definition) is 10. The zero-order chi connectivity index (χ0) is 11.4. The minimum absolute atomic E-state index is 0.179. The molecule has 0 amide bonds. The summed E-state index contributed by atoms with van der Waals surface area (Å²) in [4.78, 5) is 8.06. The van der Waals surface area contributed by atoms with Crippen LogP contribution in [0.1, 0.15) is 0 Å². The first-order chi connectivity index (χ1) is 7.83. The van der Waals surface area contributed by atoms with Gasteiger partial charge < -0.3 is 0 Å². The zero-order valence-electron chi connectivity index (χ0n) is 7.99. The third-order valence-corrected chi connectivity index (χ3v) is 1.64. The van der Waals surface area contributed by atoms with Gasteiger partial charge in [0.25, 0.3) is 11.9 Å². The van der Waals surface area contributed by atoms with Crippen molar-refractivity contribution >= 4 is 11.9 Å². The van der Waals surface area contributed by atoms with Crippen molar-refractivity contribution in [2.45, 2.75) is 0 Å². The summed E-state index contributed by atoms with van der Waals surface area (Å²) >= 11 is 0. The summed E-state index contributed by atoms with van der Waals surface area (Å²) in [6, 6.07) is 0. The number of aromatic nitrogens is 6. The number of hydrogen-bond donors (Lipinski definition) is 4. The second kappa shape index (κ2) is 4.37. The largest absolute Gasteiger partial charge is 0.291 e. The molecule has 0 atom stereocenters. The maximum Gasteiger partial charge on any atom is 0.257 e. The highest BCUT2D eigenvalue weighted by atomic mass is 15.4. The van der Waals surface area contributed by atoms with Crippen LogP contribution in [0, 0.1) is 0 Å². The fourth-order valence-corrected chi connectivity index (χ4v) is 0.976. The van der Waals surface area contributed by atoms with Crippen LogP contribution in [0.2, 0.25) is 0 Å². The monoisotopic (exact) mass is 220 g/mol. The first kappa shape index (κ1) is 10.1. The molecule has 16 heavy (non-hydrogen) atoms. The van der Waals surface area contributed by atoms with Gasteiger partial charge in [-0.15, -0.1) is 10.2 Å². The van der Waals surface area contributed by atoms with Gasteiger partial charge in [0.05, 0.1) is 12.4 Å². The molecule has 10 heteroatoms. The van der Waals surface area contributed by atoms with E-state index in [4.69, 9.17) is 11.7 Å². The summed E-state index contributed by atoms with van der Waals surface area (Å²) in [5, 5.41) is 14.6. The molecule has 0 unspecified atom stereocenters. The van der Waals surface area contributed by atoms with Gasteiger partial charge in [-0.05, 0) is 0 Å². The molecule has 6 N–H and O–H groups in total. The standard InChI is InChI=1S/C6H8N10/c7-13-5-11-3(1-9-15-5)4-2-10-16-6(12-4)14-8/h1-2H,7-8H2,(H,11,13,15)(H,12,14,16). The number of nitrogens with two attached hydrogens (primary N) is 2. The summed E-state index contributed by atoms with van der Waals surface area (Å²) in [6.07, 6.45) is 2.84. The summed E-state index contributed by atoms with van der Waals surface area (Å²) in [5.74, 6) is 10.7. The van der Waals surface area contributed by atoms with E-state index in [0.717, 1.165) is 0 Å². The molecule has 0 aromatic carbocycles. The van der Waals surface area contributed by atoms with E-state index < -0.39 is 0 Å². The second-order valence-corrected chi connectivity index (χ2v) is 2.62. The number of nitrogen functional groups attached to an aromatic ring is 2. The molecule has 2 rings (SSSR count). The molecular formula is C6H8N10. The minimum Gasteiger partial charge on any atom is -0.291 e. The first-order valence-corrected chi connectivity index (χ1v) is 4.16. The smallest absolute Gasteiger partial charge is 0.257 e. The minimum atomic E-state index is 0.179. The lowest BCUT2D eigenvalue weighted by molar-refractivity contribution is 0.938. The third kappa shape index (κ3) is 1.97. The van der Waals surface area contributed by atoms with Crippen molar-refractivity contribution in [2.75, 3.05) is 10.9 Å². The Kier molecular flexibility index (Phi) is 2.75. The van der Waals surface area contributed by atoms with E-state index in [1.165, 1.54) is 12.4 Å². The van der Waals surface area contributed by atoms with Gasteiger partial charge in [-0.2, -0.15) is 10.2 Å². The first-order valence-electron chi connectivity index (χ1n) is 4.16. The van der Waals surface area contributed by atoms with Crippen LogP contribution in [0.5, 0.6) is 0 Å². The highest BCUT2D eigenvalue weighted by Gasteiger charge is 2.05. The van der Waals surface area contributed by atoms with Crippen LogP contribution < -0.4 is 22.5 Å². The molecule has 0 radical (unpaired) electrons. The van der Waals surface area contributed by atoms with Crippen molar-refractivity contribution in [1.82, 2.24) is 30.4 Å². The van der Waals surface area contributed by atoms with Crippen molar-refractivity contribution in [3.05, 3.63) is 12.4 Å². The van der Waals surface area contributed by atoms with E-state index in [9.17, 15) is 0 Å². The molecule has 2 aromatic rings. The Hall–Kier alpha value is -2.46. The molecular weight excluding hydrogens is 212 g/mol. The Labute approximate surface area is 89.5 Å². The van der Waals surface area contributed by atoms with Crippen LogP contribution in [0.15, 0.2) is 12.4 Å². The van der Waals surface area contributed by atoms with E-state index in [2.05, 4.69) is 41.2 Å². The lowest BCUT2D eigenvalue weighted by Crippen LogP contribution is -2.13. The normalized spacial score (nSPS) is 9.88. The fraction of sp³-hybridized carbons (Fsp3) is 0. The topological polar surface area (TPSA) is 153 Å². The summed E-state index contributed by atoms with van der Waals surface area (Å²) in [7, 11) is 0. The molecule has 10 nitrogen and oxygen atoms in total. The van der Waals surface area contributed by atoms with Crippen molar-refractivity contribution in [3.63, 3.8) is 0 Å². The van der Waals surface area contributed by atoms with E-state index in [0.29, 0.717) is 11.4 Å². The van der Waals surface area contributed by atoms with Crippen LogP contribution in [-0.4, -0.2) is 30.4 Å². The maximum absolute atomic E-state index is 5.16. The summed E-state index contributed by atoms with van der Waals surface area (Å²) < 4.78 is 0. The fourth-order valence-electron chi connectivity index (χ4n) is 0.976. The van der Waals surface area contributed by atoms with Crippen molar-refractivity contribution in [2.24, 2.45) is 11.7 Å². The molecule has 0 aliphatic carbocycles. The number of hydrazine groups is 2. The molecule has 82 valence electrons. The Morgan fingerprint density at radius 1 is 0.812 bits per heavy atom. The average Bonchev–Trinajstić information content (AvgIpc) is 2.39. The van der Waals surface area contributed by atoms with Gasteiger partial charge >= 0.3 is 0 Å². The van der Waals surface area contributed by atoms with Crippen molar-refractivity contribution in [1.29, 1.82) is 0 Å². The summed E-state index contributed by atoms with van der Waals surface area (Å²) in [6.45, 7) is 0. The third-order valence-electron chi connectivity index (χ3n) is 1.64. The molecule has 2 aromatic heterocycles. The molecule has 0 aliphatic heterocycles. The molecule has 0 bridgehead atoms.